The molecule has 5 heteroatoms. The molecule has 0 spiro atoms. The third-order valence-corrected chi connectivity index (χ3v) is 4.88. The van der Waals surface area contributed by atoms with E-state index in [1.165, 1.54) is 5.56 Å². The van der Waals surface area contributed by atoms with E-state index in [-0.39, 0.29) is 11.9 Å². The summed E-state index contributed by atoms with van der Waals surface area (Å²) in [5, 5.41) is 10.3. The molecule has 3 rings (SSSR count). The predicted molar refractivity (Wildman–Crippen MR) is 99.4 cm³/mol. The summed E-state index contributed by atoms with van der Waals surface area (Å²) in [4.78, 5) is 14.9. The van der Waals surface area contributed by atoms with Gasteiger partial charge in [0, 0.05) is 30.9 Å². The average Bonchev–Trinajstić information content (AvgIpc) is 3.24. The molecule has 2 aromatic rings. The first-order chi connectivity index (χ1) is 12.0. The van der Waals surface area contributed by atoms with E-state index in [4.69, 9.17) is 0 Å². The molecule has 0 saturated carbocycles. The minimum absolute atomic E-state index is 0.0783. The zero-order valence-electron chi connectivity index (χ0n) is 15.3. The van der Waals surface area contributed by atoms with Crippen LogP contribution in [-0.4, -0.2) is 40.1 Å². The molecule has 2 unspecified atom stereocenters. The summed E-state index contributed by atoms with van der Waals surface area (Å²) in [5.41, 5.74) is 2.83. The second-order valence-electron chi connectivity index (χ2n) is 7.42. The molecule has 1 amide bonds. The van der Waals surface area contributed by atoms with E-state index in [0.29, 0.717) is 17.7 Å². The Bertz CT molecular complexity index is 695. The number of carbonyl (C=O) groups excluding carboxylic acids is 1. The average molecular weight is 340 g/mol. The van der Waals surface area contributed by atoms with Gasteiger partial charge in [0.15, 0.2) is 0 Å². The highest BCUT2D eigenvalue weighted by Gasteiger charge is 2.28. The zero-order chi connectivity index (χ0) is 17.8. The maximum atomic E-state index is 12.4. The Morgan fingerprint density at radius 1 is 1.32 bits per heavy atom. The zero-order valence-corrected chi connectivity index (χ0v) is 15.3. The van der Waals surface area contributed by atoms with Gasteiger partial charge in [0.05, 0.1) is 0 Å². The summed E-state index contributed by atoms with van der Waals surface area (Å²) in [6.45, 7) is 8.42. The molecule has 1 fully saturated rings. The van der Waals surface area contributed by atoms with Crippen molar-refractivity contribution in [3.8, 4) is 0 Å². The number of hydrogen-bond donors (Lipinski definition) is 2. The Morgan fingerprint density at radius 2 is 2.08 bits per heavy atom. The van der Waals surface area contributed by atoms with Gasteiger partial charge in [0.2, 0.25) is 0 Å². The van der Waals surface area contributed by atoms with E-state index in [1.807, 2.05) is 12.1 Å². The number of aromatic nitrogens is 2. The topological polar surface area (TPSA) is 61.0 Å². The summed E-state index contributed by atoms with van der Waals surface area (Å²) in [7, 11) is 0. The number of hydrogen-bond acceptors (Lipinski definition) is 3. The molecule has 5 nitrogen and oxygen atoms in total. The van der Waals surface area contributed by atoms with E-state index in [1.54, 1.807) is 0 Å². The Hall–Kier alpha value is -2.14. The van der Waals surface area contributed by atoms with Crippen molar-refractivity contribution in [2.24, 2.45) is 5.92 Å². The first-order valence-electron chi connectivity index (χ1n) is 9.17. The van der Waals surface area contributed by atoms with Crippen LogP contribution >= 0.6 is 0 Å². The van der Waals surface area contributed by atoms with Crippen LogP contribution in [0.4, 0.5) is 0 Å². The molecule has 1 aromatic carbocycles. The van der Waals surface area contributed by atoms with E-state index < -0.39 is 0 Å². The highest BCUT2D eigenvalue weighted by Crippen LogP contribution is 2.24. The van der Waals surface area contributed by atoms with E-state index >= 15 is 0 Å². The first kappa shape index (κ1) is 17.7. The van der Waals surface area contributed by atoms with Crippen LogP contribution in [0.15, 0.2) is 36.4 Å². The van der Waals surface area contributed by atoms with Crippen LogP contribution in [0.3, 0.4) is 0 Å². The number of nitrogens with one attached hydrogen (secondary N) is 2. The lowest BCUT2D eigenvalue weighted by Crippen LogP contribution is -2.37. The van der Waals surface area contributed by atoms with Crippen LogP contribution in [0.25, 0.3) is 0 Å². The second kappa shape index (κ2) is 7.83. The summed E-state index contributed by atoms with van der Waals surface area (Å²) >= 11 is 0. The van der Waals surface area contributed by atoms with Gasteiger partial charge in [0.25, 0.3) is 5.91 Å². The quantitative estimate of drug-likeness (QED) is 0.849. The fourth-order valence-electron chi connectivity index (χ4n) is 3.48. The number of nitrogens with zero attached hydrogens (tertiary/aromatic N) is 2. The Balaban J connectivity index is 1.54. The van der Waals surface area contributed by atoms with Crippen LogP contribution in [-0.2, 0) is 6.42 Å². The van der Waals surface area contributed by atoms with Crippen molar-refractivity contribution < 1.29 is 4.79 Å². The van der Waals surface area contributed by atoms with Gasteiger partial charge in [-0.3, -0.25) is 14.8 Å². The van der Waals surface area contributed by atoms with Gasteiger partial charge in [-0.2, -0.15) is 5.10 Å². The molecule has 1 aliphatic heterocycles. The smallest absolute Gasteiger partial charge is 0.272 e. The van der Waals surface area contributed by atoms with Crippen molar-refractivity contribution in [3.63, 3.8) is 0 Å². The van der Waals surface area contributed by atoms with Gasteiger partial charge in [0.1, 0.15) is 5.69 Å². The molecule has 0 radical (unpaired) electrons. The summed E-state index contributed by atoms with van der Waals surface area (Å²) in [5.74, 6) is 0.463. The minimum atomic E-state index is -0.0783. The lowest BCUT2D eigenvalue weighted by atomic mass is 10.1. The first-order valence-corrected chi connectivity index (χ1v) is 9.17. The summed E-state index contributed by atoms with van der Waals surface area (Å²) in [6.07, 6.45) is 1.89. The van der Waals surface area contributed by atoms with Crippen LogP contribution in [0.1, 0.15) is 55.0 Å². The number of benzene rings is 1. The standard InChI is InChI=1S/C20H28N4O/c1-14(2)11-18-12-19(23-22-18)20(25)21-17-9-10-24(13-17)15(3)16-7-5-4-6-8-16/h4-8,12,14-15,17H,9-11,13H2,1-3H3,(H,21,25)(H,22,23). The maximum Gasteiger partial charge on any atom is 0.272 e. The van der Waals surface area contributed by atoms with Gasteiger partial charge < -0.3 is 5.32 Å². The Kier molecular flexibility index (Phi) is 5.53. The molecule has 2 heterocycles. The molecule has 2 atom stereocenters. The van der Waals surface area contributed by atoms with Gasteiger partial charge in [-0.1, -0.05) is 44.2 Å². The van der Waals surface area contributed by atoms with Crippen molar-refractivity contribution in [2.75, 3.05) is 13.1 Å². The molecular formula is C20H28N4O. The minimum Gasteiger partial charge on any atom is -0.347 e. The lowest BCUT2D eigenvalue weighted by molar-refractivity contribution is 0.0931. The van der Waals surface area contributed by atoms with Crippen LogP contribution in [0, 0.1) is 5.92 Å². The molecule has 1 aromatic heterocycles. The largest absolute Gasteiger partial charge is 0.347 e. The third-order valence-electron chi connectivity index (χ3n) is 4.88. The highest BCUT2D eigenvalue weighted by atomic mass is 16.2. The molecule has 2 N–H and O–H groups in total. The van der Waals surface area contributed by atoms with Gasteiger partial charge >= 0.3 is 0 Å². The van der Waals surface area contributed by atoms with Gasteiger partial charge in [-0.25, -0.2) is 0 Å². The number of likely N-dealkylation sites (tertiary alicyclic amines) is 1. The molecule has 0 aliphatic carbocycles. The molecule has 1 saturated heterocycles. The molecule has 0 bridgehead atoms. The van der Waals surface area contributed by atoms with Crippen molar-refractivity contribution in [1.29, 1.82) is 0 Å². The SMILES string of the molecule is CC(C)Cc1cc(C(=O)NC2CCN(C(C)c3ccccc3)C2)n[nH]1. The van der Waals surface area contributed by atoms with E-state index in [2.05, 4.69) is 65.5 Å². The fraction of sp³-hybridized carbons (Fsp3) is 0.500. The molecular weight excluding hydrogens is 312 g/mol. The van der Waals surface area contributed by atoms with Crippen LogP contribution in [0.5, 0.6) is 0 Å². The Labute approximate surface area is 149 Å². The van der Waals surface area contributed by atoms with Gasteiger partial charge in [-0.15, -0.1) is 0 Å². The normalized spacial score (nSPS) is 19.3. The van der Waals surface area contributed by atoms with Crippen LogP contribution in [0.2, 0.25) is 0 Å². The molecule has 1 aliphatic rings. The van der Waals surface area contributed by atoms with Gasteiger partial charge in [-0.05, 0) is 37.3 Å². The lowest BCUT2D eigenvalue weighted by Gasteiger charge is -2.24. The molecule has 25 heavy (non-hydrogen) atoms. The van der Waals surface area contributed by atoms with Crippen molar-refractivity contribution in [3.05, 3.63) is 53.3 Å². The molecule has 134 valence electrons. The number of rotatable bonds is 6. The number of amides is 1. The monoisotopic (exact) mass is 340 g/mol. The predicted octanol–water partition coefficient (Wildman–Crippen LogP) is 3.17. The number of aromatic amines is 1. The Morgan fingerprint density at radius 3 is 2.80 bits per heavy atom. The van der Waals surface area contributed by atoms with Crippen molar-refractivity contribution >= 4 is 5.91 Å². The summed E-state index contributed by atoms with van der Waals surface area (Å²) < 4.78 is 0. The fourth-order valence-corrected chi connectivity index (χ4v) is 3.48. The number of H-pyrrole nitrogens is 1. The van der Waals surface area contributed by atoms with E-state index in [0.717, 1.165) is 31.6 Å². The summed E-state index contributed by atoms with van der Waals surface area (Å²) in [6, 6.07) is 12.9. The number of carbonyl (C=O) groups is 1. The third kappa shape index (κ3) is 4.48. The van der Waals surface area contributed by atoms with Crippen molar-refractivity contribution in [2.45, 2.75) is 45.7 Å². The van der Waals surface area contributed by atoms with Crippen LogP contribution < -0.4 is 5.32 Å². The second-order valence-corrected chi connectivity index (χ2v) is 7.42. The van der Waals surface area contributed by atoms with E-state index in [9.17, 15) is 4.79 Å². The van der Waals surface area contributed by atoms with Crippen molar-refractivity contribution in [1.82, 2.24) is 20.4 Å². The maximum absolute atomic E-state index is 12.4. The highest BCUT2D eigenvalue weighted by molar-refractivity contribution is 5.92.